The highest BCUT2D eigenvalue weighted by Crippen LogP contribution is 2.23. The highest BCUT2D eigenvalue weighted by atomic mass is 33.1. The van der Waals surface area contributed by atoms with Crippen molar-refractivity contribution in [1.82, 2.24) is 5.32 Å². The molecular weight excluding hydrogens is 432 g/mol. The van der Waals surface area contributed by atoms with E-state index in [1.807, 2.05) is 6.92 Å². The van der Waals surface area contributed by atoms with Gasteiger partial charge in [0.25, 0.3) is 0 Å². The number of nitrogens with one attached hydrogen (secondary N) is 1. The van der Waals surface area contributed by atoms with Crippen molar-refractivity contribution in [2.24, 2.45) is 5.73 Å². The van der Waals surface area contributed by atoms with Crippen molar-refractivity contribution in [2.45, 2.75) is 64.5 Å². The number of hydrogen-bond donors (Lipinski definition) is 2. The van der Waals surface area contributed by atoms with Gasteiger partial charge < -0.3 is 20.5 Å². The number of ketones is 2. The second kappa shape index (κ2) is 17.1. The number of amides is 1. The maximum Gasteiger partial charge on any atom is 0.322 e. The summed E-state index contributed by atoms with van der Waals surface area (Å²) in [7, 11) is 3.86. The summed E-state index contributed by atoms with van der Waals surface area (Å²) in [5, 5.41) is 2.63. The third kappa shape index (κ3) is 13.6. The van der Waals surface area contributed by atoms with E-state index in [1.54, 1.807) is 6.92 Å². The number of carbonyl (C=O) groups excluding carboxylic acids is 5. The molecule has 0 fully saturated rings. The Bertz CT molecular complexity index is 587. The van der Waals surface area contributed by atoms with E-state index in [0.717, 1.165) is 6.42 Å². The molecule has 0 aliphatic heterocycles. The lowest BCUT2D eigenvalue weighted by Crippen LogP contribution is -2.43. The predicted octanol–water partition coefficient (Wildman–Crippen LogP) is 1.41. The summed E-state index contributed by atoms with van der Waals surface area (Å²) in [5.41, 5.74) is 5.68. The van der Waals surface area contributed by atoms with E-state index in [9.17, 15) is 24.0 Å². The molecule has 0 aromatic heterocycles. The number of carbonyl (C=O) groups is 5. The van der Waals surface area contributed by atoms with Gasteiger partial charge >= 0.3 is 11.9 Å². The van der Waals surface area contributed by atoms with E-state index in [-0.39, 0.29) is 49.6 Å². The lowest BCUT2D eigenvalue weighted by Gasteiger charge is -2.18. The Kier molecular flexibility index (Phi) is 16.2. The molecule has 0 spiro atoms. The molecule has 0 aromatic carbocycles. The highest BCUT2D eigenvalue weighted by molar-refractivity contribution is 8.76. The summed E-state index contributed by atoms with van der Waals surface area (Å²) in [6.07, 6.45) is 1.17. The number of Topliss-reactive ketones (excluding diaryl/α,β-unsaturated/α-hetero) is 2. The molecule has 2 atom stereocenters. The van der Waals surface area contributed by atoms with Crippen LogP contribution < -0.4 is 11.1 Å². The Morgan fingerprint density at radius 3 is 2.30 bits per heavy atom. The zero-order valence-corrected chi connectivity index (χ0v) is 19.4. The number of rotatable bonds is 17. The fourth-order valence-electron chi connectivity index (χ4n) is 2.21. The Hall–Kier alpha value is -1.59. The lowest BCUT2D eigenvalue weighted by molar-refractivity contribution is -0.145. The number of methoxy groups -OCH3 is 1. The summed E-state index contributed by atoms with van der Waals surface area (Å²) in [6.45, 7) is 3.79. The SMILES string of the molecule is CCCC(=O)CSSCC(NC(=O)CCC(N)C(=O)OCC)C(=O)CCC(=O)OC. The second-order valence-corrected chi connectivity index (χ2v) is 8.90. The van der Waals surface area contributed by atoms with Gasteiger partial charge in [0.05, 0.1) is 31.9 Å². The molecule has 30 heavy (non-hydrogen) atoms. The van der Waals surface area contributed by atoms with Gasteiger partial charge in [-0.1, -0.05) is 28.5 Å². The van der Waals surface area contributed by atoms with Gasteiger partial charge in [-0.05, 0) is 19.8 Å². The van der Waals surface area contributed by atoms with E-state index < -0.39 is 29.9 Å². The van der Waals surface area contributed by atoms with Crippen LogP contribution in [0.2, 0.25) is 0 Å². The quantitative estimate of drug-likeness (QED) is 0.184. The fourth-order valence-corrected chi connectivity index (χ4v) is 4.41. The van der Waals surface area contributed by atoms with Gasteiger partial charge in [-0.3, -0.25) is 24.0 Å². The average Bonchev–Trinajstić information content (AvgIpc) is 2.72. The Balaban J connectivity index is 4.67. The molecule has 2 unspecified atom stereocenters. The predicted molar refractivity (Wildman–Crippen MR) is 117 cm³/mol. The molecule has 9 nitrogen and oxygen atoms in total. The van der Waals surface area contributed by atoms with Gasteiger partial charge in [0.2, 0.25) is 5.91 Å². The smallest absolute Gasteiger partial charge is 0.322 e. The van der Waals surface area contributed by atoms with Crippen molar-refractivity contribution < 1.29 is 33.4 Å². The average molecular weight is 465 g/mol. The number of nitrogens with two attached hydrogens (primary N) is 1. The minimum atomic E-state index is -0.918. The zero-order chi connectivity index (χ0) is 22.9. The Morgan fingerprint density at radius 1 is 1.00 bits per heavy atom. The molecule has 0 aliphatic carbocycles. The largest absolute Gasteiger partial charge is 0.469 e. The van der Waals surface area contributed by atoms with Crippen LogP contribution in [0, 0.1) is 0 Å². The van der Waals surface area contributed by atoms with Gasteiger partial charge in [0.1, 0.15) is 11.8 Å². The Morgan fingerprint density at radius 2 is 1.70 bits per heavy atom. The maximum absolute atomic E-state index is 12.5. The van der Waals surface area contributed by atoms with Crippen LogP contribution in [0.3, 0.4) is 0 Å². The van der Waals surface area contributed by atoms with Crippen molar-refractivity contribution in [2.75, 3.05) is 25.2 Å². The minimum absolute atomic E-state index is 0.0481. The van der Waals surface area contributed by atoms with Crippen LogP contribution in [-0.4, -0.2) is 66.7 Å². The van der Waals surface area contributed by atoms with Gasteiger partial charge in [0, 0.05) is 25.0 Å². The van der Waals surface area contributed by atoms with Crippen molar-refractivity contribution in [3.05, 3.63) is 0 Å². The molecule has 0 heterocycles. The molecule has 172 valence electrons. The summed E-state index contributed by atoms with van der Waals surface area (Å²) in [4.78, 5) is 59.1. The minimum Gasteiger partial charge on any atom is -0.469 e. The molecule has 3 N–H and O–H groups in total. The van der Waals surface area contributed by atoms with Gasteiger partial charge in [0.15, 0.2) is 5.78 Å². The van der Waals surface area contributed by atoms with Gasteiger partial charge in [-0.15, -0.1) is 0 Å². The first-order valence-electron chi connectivity index (χ1n) is 9.82. The van der Waals surface area contributed by atoms with Crippen molar-refractivity contribution in [1.29, 1.82) is 0 Å². The normalized spacial score (nSPS) is 12.5. The van der Waals surface area contributed by atoms with Crippen LogP contribution >= 0.6 is 21.6 Å². The lowest BCUT2D eigenvalue weighted by atomic mass is 10.1. The fraction of sp³-hybridized carbons (Fsp3) is 0.737. The topological polar surface area (TPSA) is 142 Å². The maximum atomic E-state index is 12.5. The standard InChI is InChI=1S/C19H32N2O7S2/c1-4-6-13(22)11-29-30-12-15(16(23)8-10-18(25)27-3)21-17(24)9-7-14(20)19(26)28-5-2/h14-15H,4-12,20H2,1-3H3,(H,21,24). The number of hydrogen-bond acceptors (Lipinski definition) is 10. The van der Waals surface area contributed by atoms with Crippen LogP contribution in [-0.2, 0) is 33.4 Å². The van der Waals surface area contributed by atoms with Crippen LogP contribution in [0.15, 0.2) is 0 Å². The number of ether oxygens (including phenoxy) is 2. The summed E-state index contributed by atoms with van der Waals surface area (Å²) >= 11 is 0. The molecule has 0 rings (SSSR count). The molecule has 11 heteroatoms. The molecule has 0 aliphatic rings. The molecular formula is C19H32N2O7S2. The van der Waals surface area contributed by atoms with E-state index in [0.29, 0.717) is 12.2 Å². The summed E-state index contributed by atoms with van der Waals surface area (Å²) < 4.78 is 9.33. The van der Waals surface area contributed by atoms with Crippen molar-refractivity contribution in [3.63, 3.8) is 0 Å². The third-order valence-electron chi connectivity index (χ3n) is 3.87. The summed E-state index contributed by atoms with van der Waals surface area (Å²) in [6, 6.07) is -1.74. The highest BCUT2D eigenvalue weighted by Gasteiger charge is 2.23. The van der Waals surface area contributed by atoms with Crippen LogP contribution in [0.5, 0.6) is 0 Å². The third-order valence-corrected chi connectivity index (χ3v) is 6.20. The van der Waals surface area contributed by atoms with Gasteiger partial charge in [-0.25, -0.2) is 0 Å². The first-order chi connectivity index (χ1) is 14.2. The molecule has 0 aromatic rings. The molecule has 0 radical (unpaired) electrons. The molecule has 0 saturated heterocycles. The van der Waals surface area contributed by atoms with E-state index >= 15 is 0 Å². The van der Waals surface area contributed by atoms with E-state index in [2.05, 4.69) is 10.1 Å². The summed E-state index contributed by atoms with van der Waals surface area (Å²) in [5.74, 6) is -1.14. The van der Waals surface area contributed by atoms with Gasteiger partial charge in [-0.2, -0.15) is 0 Å². The molecule has 0 bridgehead atoms. The first kappa shape index (κ1) is 28.4. The van der Waals surface area contributed by atoms with Crippen LogP contribution in [0.1, 0.15) is 52.4 Å². The van der Waals surface area contributed by atoms with E-state index in [4.69, 9.17) is 10.5 Å². The monoisotopic (exact) mass is 464 g/mol. The second-order valence-electron chi connectivity index (χ2n) is 6.40. The molecule has 0 saturated carbocycles. The van der Waals surface area contributed by atoms with Crippen LogP contribution in [0.25, 0.3) is 0 Å². The van der Waals surface area contributed by atoms with E-state index in [1.165, 1.54) is 28.7 Å². The van der Waals surface area contributed by atoms with Crippen molar-refractivity contribution >= 4 is 51.0 Å². The Labute approximate surface area is 185 Å². The first-order valence-corrected chi connectivity index (χ1v) is 12.3. The zero-order valence-electron chi connectivity index (χ0n) is 17.8. The molecule has 1 amide bonds. The number of esters is 2. The van der Waals surface area contributed by atoms with Crippen LogP contribution in [0.4, 0.5) is 0 Å². The van der Waals surface area contributed by atoms with Crippen molar-refractivity contribution in [3.8, 4) is 0 Å².